The number of rotatable bonds is 2. The van der Waals surface area contributed by atoms with Crippen molar-refractivity contribution >= 4 is 32.5 Å². The third-order valence-electron chi connectivity index (χ3n) is 3.51. The maximum Gasteiger partial charge on any atom is 0.241 e. The van der Waals surface area contributed by atoms with Crippen LogP contribution in [0.3, 0.4) is 0 Å². The number of imidazole rings is 1. The summed E-state index contributed by atoms with van der Waals surface area (Å²) in [5.41, 5.74) is 7.22. The number of nitrogens with zero attached hydrogens (tertiary/aromatic N) is 2. The minimum absolute atomic E-state index is 0.174. The molecular weight excluding hydrogens is 280 g/mol. The molecule has 0 aliphatic carbocycles. The first-order chi connectivity index (χ1) is 9.39. The van der Waals surface area contributed by atoms with E-state index in [0.29, 0.717) is 23.3 Å². The summed E-state index contributed by atoms with van der Waals surface area (Å²) >= 11 is 0. The molecule has 8 heteroatoms. The molecule has 2 aromatic rings. The second kappa shape index (κ2) is 4.20. The van der Waals surface area contributed by atoms with Crippen LogP contribution in [0.4, 0.5) is 5.69 Å². The second-order valence-corrected chi connectivity index (χ2v) is 6.95. The van der Waals surface area contributed by atoms with Crippen LogP contribution in [0, 0.1) is 0 Å². The molecule has 1 atom stereocenters. The molecule has 1 amide bonds. The number of carbonyl (C=O) groups excluding carboxylic acids is 1. The number of aromatic nitrogens is 2. The van der Waals surface area contributed by atoms with Gasteiger partial charge in [-0.05, 0) is 24.6 Å². The van der Waals surface area contributed by atoms with Crippen molar-refractivity contribution in [3.63, 3.8) is 0 Å². The number of hydrogen-bond acceptors (Lipinski definition) is 5. The maximum absolute atomic E-state index is 12.5. The number of sulfone groups is 1. The fraction of sp³-hybridized carbons (Fsp3) is 0.333. The van der Waals surface area contributed by atoms with Gasteiger partial charge in [0.15, 0.2) is 0 Å². The standard InChI is InChI=1S/C12H14N4O3S/c1-16-5-4-10(11(16)17)20(18,19)12-14-8-3-2-7(13)6-9(8)15-12/h2-3,6,10H,4-5,13H2,1H3,(H,14,15). The summed E-state index contributed by atoms with van der Waals surface area (Å²) in [6.45, 7) is 0.440. The smallest absolute Gasteiger partial charge is 0.241 e. The predicted octanol–water partition coefficient (Wildman–Crippen LogP) is 0.149. The topological polar surface area (TPSA) is 109 Å². The van der Waals surface area contributed by atoms with Gasteiger partial charge >= 0.3 is 0 Å². The highest BCUT2D eigenvalue weighted by molar-refractivity contribution is 7.92. The number of aromatic amines is 1. The van der Waals surface area contributed by atoms with Crippen LogP contribution in [0.1, 0.15) is 6.42 Å². The number of H-pyrrole nitrogens is 1. The van der Waals surface area contributed by atoms with Crippen LogP contribution < -0.4 is 5.73 Å². The fourth-order valence-corrected chi connectivity index (χ4v) is 3.96. The number of benzene rings is 1. The van der Waals surface area contributed by atoms with Gasteiger partial charge in [-0.15, -0.1) is 0 Å². The number of nitrogens with one attached hydrogen (secondary N) is 1. The van der Waals surface area contributed by atoms with Crippen molar-refractivity contribution in [1.82, 2.24) is 14.9 Å². The monoisotopic (exact) mass is 294 g/mol. The Bertz CT molecular complexity index is 796. The first-order valence-corrected chi connectivity index (χ1v) is 7.68. The number of hydrogen-bond donors (Lipinski definition) is 2. The van der Waals surface area contributed by atoms with E-state index in [1.165, 1.54) is 4.90 Å². The third kappa shape index (κ3) is 1.83. The van der Waals surface area contributed by atoms with Crippen LogP contribution >= 0.6 is 0 Å². The van der Waals surface area contributed by atoms with Gasteiger partial charge in [0, 0.05) is 19.3 Å². The lowest BCUT2D eigenvalue weighted by molar-refractivity contribution is -0.126. The average Bonchev–Trinajstić information content (AvgIpc) is 2.94. The van der Waals surface area contributed by atoms with Gasteiger partial charge in [0.2, 0.25) is 20.9 Å². The number of nitrogens with two attached hydrogens (primary N) is 1. The molecule has 1 saturated heterocycles. The van der Waals surface area contributed by atoms with E-state index >= 15 is 0 Å². The van der Waals surface area contributed by atoms with Crippen LogP contribution in [0.15, 0.2) is 23.4 Å². The van der Waals surface area contributed by atoms with Gasteiger partial charge in [-0.2, -0.15) is 0 Å². The molecule has 0 bridgehead atoms. The lowest BCUT2D eigenvalue weighted by Crippen LogP contribution is -2.32. The van der Waals surface area contributed by atoms with Gasteiger partial charge < -0.3 is 15.6 Å². The molecule has 3 N–H and O–H groups in total. The van der Waals surface area contributed by atoms with Crippen molar-refractivity contribution in [2.24, 2.45) is 0 Å². The molecule has 0 spiro atoms. The number of likely N-dealkylation sites (tertiary alicyclic amines) is 1. The third-order valence-corrected chi connectivity index (χ3v) is 5.43. The summed E-state index contributed by atoms with van der Waals surface area (Å²) < 4.78 is 24.9. The summed E-state index contributed by atoms with van der Waals surface area (Å²) in [6.07, 6.45) is 0.289. The summed E-state index contributed by atoms with van der Waals surface area (Å²) in [7, 11) is -2.20. The highest BCUT2D eigenvalue weighted by Gasteiger charge is 2.41. The minimum atomic E-state index is -3.79. The molecular formula is C12H14N4O3S. The molecule has 1 fully saturated rings. The highest BCUT2D eigenvalue weighted by Crippen LogP contribution is 2.25. The van der Waals surface area contributed by atoms with E-state index in [1.807, 2.05) is 0 Å². The van der Waals surface area contributed by atoms with Crippen molar-refractivity contribution < 1.29 is 13.2 Å². The Morgan fingerprint density at radius 3 is 2.85 bits per heavy atom. The molecule has 20 heavy (non-hydrogen) atoms. The minimum Gasteiger partial charge on any atom is -0.399 e. The van der Waals surface area contributed by atoms with E-state index < -0.39 is 15.1 Å². The highest BCUT2D eigenvalue weighted by atomic mass is 32.2. The summed E-state index contributed by atoms with van der Waals surface area (Å²) in [4.78, 5) is 20.1. The first-order valence-electron chi connectivity index (χ1n) is 6.14. The van der Waals surface area contributed by atoms with Crippen LogP contribution in [-0.4, -0.2) is 48.0 Å². The Morgan fingerprint density at radius 1 is 1.45 bits per heavy atom. The van der Waals surface area contributed by atoms with Crippen molar-refractivity contribution in [3.05, 3.63) is 18.2 Å². The van der Waals surface area contributed by atoms with E-state index in [-0.39, 0.29) is 17.5 Å². The van der Waals surface area contributed by atoms with Crippen molar-refractivity contribution in [2.45, 2.75) is 16.8 Å². The molecule has 106 valence electrons. The van der Waals surface area contributed by atoms with Gasteiger partial charge in [0.1, 0.15) is 5.25 Å². The zero-order chi connectivity index (χ0) is 14.5. The molecule has 7 nitrogen and oxygen atoms in total. The Balaban J connectivity index is 2.07. The number of carbonyl (C=O) groups is 1. The molecule has 1 unspecified atom stereocenters. The van der Waals surface area contributed by atoms with Crippen LogP contribution in [-0.2, 0) is 14.6 Å². The molecule has 1 aromatic carbocycles. The van der Waals surface area contributed by atoms with E-state index in [0.717, 1.165) is 0 Å². The number of amides is 1. The van der Waals surface area contributed by atoms with Crippen molar-refractivity contribution in [1.29, 1.82) is 0 Å². The molecule has 1 aromatic heterocycles. The molecule has 1 aliphatic heterocycles. The zero-order valence-electron chi connectivity index (χ0n) is 10.8. The number of fused-ring (bicyclic) bond motifs is 1. The second-order valence-electron chi connectivity index (χ2n) is 4.90. The Morgan fingerprint density at radius 2 is 2.20 bits per heavy atom. The van der Waals surface area contributed by atoms with Crippen LogP contribution in [0.25, 0.3) is 11.0 Å². The molecule has 0 radical (unpaired) electrons. The van der Waals surface area contributed by atoms with E-state index in [9.17, 15) is 13.2 Å². The number of nitrogen functional groups attached to an aromatic ring is 1. The van der Waals surface area contributed by atoms with Gasteiger partial charge in [-0.3, -0.25) is 4.79 Å². The Hall–Kier alpha value is -2.09. The Labute approximate surface area is 115 Å². The lowest BCUT2D eigenvalue weighted by atomic mass is 10.3. The van der Waals surface area contributed by atoms with Crippen molar-refractivity contribution in [2.75, 3.05) is 19.3 Å². The molecule has 2 heterocycles. The SMILES string of the molecule is CN1CCC(S(=O)(=O)c2nc3ccc(N)cc3[nH]2)C1=O. The first kappa shape index (κ1) is 12.9. The molecule has 3 rings (SSSR count). The lowest BCUT2D eigenvalue weighted by Gasteiger charge is -2.09. The maximum atomic E-state index is 12.5. The van der Waals surface area contributed by atoms with Crippen molar-refractivity contribution in [3.8, 4) is 0 Å². The number of anilines is 1. The van der Waals surface area contributed by atoms with E-state index in [1.54, 1.807) is 25.2 Å². The van der Waals surface area contributed by atoms with Crippen LogP contribution in [0.2, 0.25) is 0 Å². The zero-order valence-corrected chi connectivity index (χ0v) is 11.6. The normalized spacial score (nSPS) is 19.9. The fourth-order valence-electron chi connectivity index (χ4n) is 2.35. The quantitative estimate of drug-likeness (QED) is 0.766. The summed E-state index contributed by atoms with van der Waals surface area (Å²) in [5.74, 6) is -0.384. The summed E-state index contributed by atoms with van der Waals surface area (Å²) in [5, 5.41) is -1.22. The van der Waals surface area contributed by atoms with Gasteiger partial charge in [0.25, 0.3) is 0 Å². The molecule has 0 saturated carbocycles. The van der Waals surface area contributed by atoms with Gasteiger partial charge in [-0.1, -0.05) is 0 Å². The van der Waals surface area contributed by atoms with Gasteiger partial charge in [0.05, 0.1) is 11.0 Å². The van der Waals surface area contributed by atoms with Crippen LogP contribution in [0.5, 0.6) is 0 Å². The molecule has 1 aliphatic rings. The van der Waals surface area contributed by atoms with E-state index in [2.05, 4.69) is 9.97 Å². The van der Waals surface area contributed by atoms with E-state index in [4.69, 9.17) is 5.73 Å². The average molecular weight is 294 g/mol. The summed E-state index contributed by atoms with van der Waals surface area (Å²) in [6, 6.07) is 4.90. The Kier molecular flexibility index (Phi) is 2.72. The predicted molar refractivity (Wildman–Crippen MR) is 73.7 cm³/mol. The van der Waals surface area contributed by atoms with Gasteiger partial charge in [-0.25, -0.2) is 13.4 Å². The largest absolute Gasteiger partial charge is 0.399 e.